The van der Waals surface area contributed by atoms with E-state index in [1.54, 1.807) is 32.4 Å². The van der Waals surface area contributed by atoms with Gasteiger partial charge in [0.05, 0.1) is 31.0 Å². The van der Waals surface area contributed by atoms with Crippen LogP contribution in [0.4, 0.5) is 5.69 Å². The molecule has 5 nitrogen and oxygen atoms in total. The summed E-state index contributed by atoms with van der Waals surface area (Å²) in [5.41, 5.74) is 1.45. The second kappa shape index (κ2) is 9.12. The van der Waals surface area contributed by atoms with E-state index in [0.29, 0.717) is 28.0 Å². The van der Waals surface area contributed by atoms with Crippen LogP contribution in [-0.2, 0) is 11.3 Å². The van der Waals surface area contributed by atoms with E-state index in [2.05, 4.69) is 5.32 Å². The molecule has 0 aromatic heterocycles. The van der Waals surface area contributed by atoms with Gasteiger partial charge in [0, 0.05) is 23.2 Å². The summed E-state index contributed by atoms with van der Waals surface area (Å²) in [5, 5.41) is 3.76. The zero-order valence-corrected chi connectivity index (χ0v) is 16.7. The van der Waals surface area contributed by atoms with E-state index in [-0.39, 0.29) is 5.91 Å². The van der Waals surface area contributed by atoms with Crippen LogP contribution >= 0.6 is 23.2 Å². The smallest absolute Gasteiger partial charge is 0.241 e. The second-order valence-corrected chi connectivity index (χ2v) is 6.73. The molecule has 0 aliphatic heterocycles. The van der Waals surface area contributed by atoms with Crippen molar-refractivity contribution in [3.63, 3.8) is 0 Å². The summed E-state index contributed by atoms with van der Waals surface area (Å²) in [6, 6.07) is 10.2. The molecule has 26 heavy (non-hydrogen) atoms. The summed E-state index contributed by atoms with van der Waals surface area (Å²) in [4.78, 5) is 14.5. The quantitative estimate of drug-likeness (QED) is 0.749. The van der Waals surface area contributed by atoms with Crippen molar-refractivity contribution in [1.82, 2.24) is 4.90 Å². The highest BCUT2D eigenvalue weighted by atomic mass is 35.5. The van der Waals surface area contributed by atoms with Gasteiger partial charge in [-0.1, -0.05) is 29.3 Å². The van der Waals surface area contributed by atoms with Gasteiger partial charge in [-0.05, 0) is 38.2 Å². The lowest BCUT2D eigenvalue weighted by atomic mass is 10.1. The first-order chi connectivity index (χ1) is 12.3. The molecule has 0 saturated heterocycles. The molecule has 2 aromatic rings. The maximum Gasteiger partial charge on any atom is 0.241 e. The maximum absolute atomic E-state index is 12.6. The molecule has 140 valence electrons. The van der Waals surface area contributed by atoms with Crippen LogP contribution in [0.1, 0.15) is 12.5 Å². The summed E-state index contributed by atoms with van der Waals surface area (Å²) in [6.07, 6.45) is 0. The van der Waals surface area contributed by atoms with Gasteiger partial charge >= 0.3 is 0 Å². The van der Waals surface area contributed by atoms with Crippen molar-refractivity contribution in [2.75, 3.05) is 26.6 Å². The van der Waals surface area contributed by atoms with Crippen LogP contribution in [-0.4, -0.2) is 38.1 Å². The molecule has 0 bridgehead atoms. The summed E-state index contributed by atoms with van der Waals surface area (Å²) in [7, 11) is 5.08. The number of anilines is 1. The highest BCUT2D eigenvalue weighted by molar-refractivity contribution is 6.35. The highest BCUT2D eigenvalue weighted by Crippen LogP contribution is 2.27. The molecule has 1 atom stereocenters. The molecule has 7 heteroatoms. The number of hydrogen-bond donors (Lipinski definition) is 1. The summed E-state index contributed by atoms with van der Waals surface area (Å²) >= 11 is 12.1. The van der Waals surface area contributed by atoms with Crippen molar-refractivity contribution in [1.29, 1.82) is 0 Å². The molecule has 0 aliphatic rings. The van der Waals surface area contributed by atoms with Crippen molar-refractivity contribution in [3.8, 4) is 11.5 Å². The number of methoxy groups -OCH3 is 2. The van der Waals surface area contributed by atoms with Gasteiger partial charge in [-0.15, -0.1) is 0 Å². The van der Waals surface area contributed by atoms with Gasteiger partial charge in [0.15, 0.2) is 0 Å². The van der Waals surface area contributed by atoms with E-state index >= 15 is 0 Å². The summed E-state index contributed by atoms with van der Waals surface area (Å²) in [5.74, 6) is 1.25. The number of halogens is 2. The predicted molar refractivity (Wildman–Crippen MR) is 106 cm³/mol. The predicted octanol–water partition coefficient (Wildman–Crippen LogP) is 4.47. The largest absolute Gasteiger partial charge is 0.497 e. The standard InChI is InChI=1S/C19H22Cl2N2O3/c1-12(19(24)22-17-9-14(20)6-8-16(17)21)23(2)11-13-5-7-15(25-3)10-18(13)26-4/h5-10,12H,11H2,1-4H3,(H,22,24)/t12-/m1/s1. The fourth-order valence-corrected chi connectivity index (χ4v) is 2.76. The van der Waals surface area contributed by atoms with E-state index < -0.39 is 6.04 Å². The molecule has 2 aromatic carbocycles. The number of ether oxygens (including phenoxy) is 2. The van der Waals surface area contributed by atoms with Gasteiger partial charge in [-0.3, -0.25) is 9.69 Å². The van der Waals surface area contributed by atoms with Crippen LogP contribution < -0.4 is 14.8 Å². The summed E-state index contributed by atoms with van der Waals surface area (Å²) < 4.78 is 10.6. The number of benzene rings is 2. The van der Waals surface area contributed by atoms with Crippen LogP contribution in [0.2, 0.25) is 10.0 Å². The molecule has 0 fully saturated rings. The fraction of sp³-hybridized carbons (Fsp3) is 0.316. The Balaban J connectivity index is 2.08. The lowest BCUT2D eigenvalue weighted by Gasteiger charge is -2.25. The first kappa shape index (κ1) is 20.4. The van der Waals surface area contributed by atoms with Crippen molar-refractivity contribution in [2.24, 2.45) is 0 Å². The third-order valence-electron chi connectivity index (χ3n) is 4.14. The average molecular weight is 397 g/mol. The van der Waals surface area contributed by atoms with E-state index in [0.717, 1.165) is 11.3 Å². The van der Waals surface area contributed by atoms with Crippen molar-refractivity contribution in [2.45, 2.75) is 19.5 Å². The minimum Gasteiger partial charge on any atom is -0.497 e. The number of rotatable bonds is 7. The number of amides is 1. The fourth-order valence-electron chi connectivity index (χ4n) is 2.42. The Hall–Kier alpha value is -1.95. The van der Waals surface area contributed by atoms with Crippen LogP contribution in [0.15, 0.2) is 36.4 Å². The number of carbonyl (C=O) groups is 1. The lowest BCUT2D eigenvalue weighted by Crippen LogP contribution is -2.39. The topological polar surface area (TPSA) is 50.8 Å². The molecule has 0 saturated carbocycles. The van der Waals surface area contributed by atoms with E-state index in [1.807, 2.05) is 37.1 Å². The Labute approximate surface area is 163 Å². The van der Waals surface area contributed by atoms with E-state index in [1.165, 1.54) is 0 Å². The first-order valence-corrected chi connectivity index (χ1v) is 8.78. The molecule has 0 aliphatic carbocycles. The molecule has 0 spiro atoms. The molecular weight excluding hydrogens is 375 g/mol. The molecule has 2 rings (SSSR count). The van der Waals surface area contributed by atoms with Gasteiger partial charge in [0.1, 0.15) is 11.5 Å². The molecule has 0 unspecified atom stereocenters. The van der Waals surface area contributed by atoms with Gasteiger partial charge in [-0.2, -0.15) is 0 Å². The van der Waals surface area contributed by atoms with Crippen LogP contribution in [0.3, 0.4) is 0 Å². The molecule has 0 heterocycles. The molecule has 1 N–H and O–H groups in total. The van der Waals surface area contributed by atoms with Crippen LogP contribution in [0.5, 0.6) is 11.5 Å². The molecule has 1 amide bonds. The molecular formula is C19H22Cl2N2O3. The Morgan fingerprint density at radius 3 is 2.54 bits per heavy atom. The Bertz CT molecular complexity index is 783. The van der Waals surface area contributed by atoms with Crippen molar-refractivity contribution in [3.05, 3.63) is 52.0 Å². The molecule has 0 radical (unpaired) electrons. The van der Waals surface area contributed by atoms with Gasteiger partial charge < -0.3 is 14.8 Å². The van der Waals surface area contributed by atoms with Crippen LogP contribution in [0.25, 0.3) is 0 Å². The van der Waals surface area contributed by atoms with E-state index in [9.17, 15) is 4.79 Å². The summed E-state index contributed by atoms with van der Waals surface area (Å²) in [6.45, 7) is 2.36. The van der Waals surface area contributed by atoms with Crippen molar-refractivity contribution < 1.29 is 14.3 Å². The first-order valence-electron chi connectivity index (χ1n) is 8.02. The lowest BCUT2D eigenvalue weighted by molar-refractivity contribution is -0.120. The average Bonchev–Trinajstić information content (AvgIpc) is 2.64. The Kier molecular flexibility index (Phi) is 7.14. The maximum atomic E-state index is 12.6. The SMILES string of the molecule is COc1ccc(CN(C)[C@H](C)C(=O)Nc2cc(Cl)ccc2Cl)c(OC)c1. The number of hydrogen-bond acceptors (Lipinski definition) is 4. The monoisotopic (exact) mass is 396 g/mol. The zero-order valence-electron chi connectivity index (χ0n) is 15.2. The van der Waals surface area contributed by atoms with Gasteiger partial charge in [0.2, 0.25) is 5.91 Å². The van der Waals surface area contributed by atoms with Gasteiger partial charge in [-0.25, -0.2) is 0 Å². The minimum atomic E-state index is -0.392. The van der Waals surface area contributed by atoms with Gasteiger partial charge in [0.25, 0.3) is 0 Å². The highest BCUT2D eigenvalue weighted by Gasteiger charge is 2.20. The Morgan fingerprint density at radius 2 is 1.88 bits per heavy atom. The number of likely N-dealkylation sites (N-methyl/N-ethyl adjacent to an activating group) is 1. The van der Waals surface area contributed by atoms with Crippen LogP contribution in [0, 0.1) is 0 Å². The third-order valence-corrected chi connectivity index (χ3v) is 4.71. The number of carbonyl (C=O) groups excluding carboxylic acids is 1. The number of nitrogens with one attached hydrogen (secondary N) is 1. The van der Waals surface area contributed by atoms with Crippen molar-refractivity contribution >= 4 is 34.8 Å². The number of nitrogens with zero attached hydrogens (tertiary/aromatic N) is 1. The second-order valence-electron chi connectivity index (χ2n) is 5.88. The Morgan fingerprint density at radius 1 is 1.15 bits per heavy atom. The van der Waals surface area contributed by atoms with E-state index in [4.69, 9.17) is 32.7 Å². The minimum absolute atomic E-state index is 0.177. The third kappa shape index (κ3) is 5.04. The normalized spacial score (nSPS) is 12.0. The zero-order chi connectivity index (χ0) is 19.3.